The number of rotatable bonds is 4. The molecule has 1 fully saturated rings. The number of likely N-dealkylation sites (tertiary alicyclic amines) is 1. The first-order chi connectivity index (χ1) is 10.0. The van der Waals surface area contributed by atoms with Gasteiger partial charge >= 0.3 is 5.97 Å². The van der Waals surface area contributed by atoms with Crippen molar-refractivity contribution >= 4 is 11.9 Å². The Bertz CT molecular complexity index is 529. The second-order valence-electron chi connectivity index (χ2n) is 5.59. The van der Waals surface area contributed by atoms with Gasteiger partial charge in [0.2, 0.25) is 5.91 Å². The molecule has 1 saturated heterocycles. The lowest BCUT2D eigenvalue weighted by atomic mass is 9.88. The largest absolute Gasteiger partial charge is 0.508 e. The summed E-state index contributed by atoms with van der Waals surface area (Å²) in [6.45, 7) is 2.54. The molecule has 1 heterocycles. The first kappa shape index (κ1) is 15.4. The number of hydrogen-bond donors (Lipinski definition) is 2. The monoisotopic (exact) mass is 291 g/mol. The summed E-state index contributed by atoms with van der Waals surface area (Å²) in [6, 6.07) is 5.78. The third-order valence-electron chi connectivity index (χ3n) is 4.16. The van der Waals surface area contributed by atoms with Gasteiger partial charge in [0.05, 0.1) is 6.42 Å². The number of aliphatic carboxylic acids is 1. The molecule has 1 aromatic carbocycles. The van der Waals surface area contributed by atoms with Crippen LogP contribution in [0.2, 0.25) is 0 Å². The average molecular weight is 291 g/mol. The van der Waals surface area contributed by atoms with Crippen LogP contribution in [0.1, 0.15) is 31.7 Å². The molecule has 1 amide bonds. The van der Waals surface area contributed by atoms with Crippen LogP contribution in [0.3, 0.4) is 0 Å². The molecular formula is C16H21NO4. The lowest BCUT2D eigenvalue weighted by Gasteiger charge is -2.37. The fourth-order valence-electron chi connectivity index (χ4n) is 2.88. The minimum Gasteiger partial charge on any atom is -0.508 e. The van der Waals surface area contributed by atoms with Gasteiger partial charge in [-0.15, -0.1) is 0 Å². The number of amides is 1. The number of carbonyl (C=O) groups is 2. The predicted molar refractivity (Wildman–Crippen MR) is 78.0 cm³/mol. The molecule has 1 aromatic rings. The number of hydrogen-bond acceptors (Lipinski definition) is 3. The van der Waals surface area contributed by atoms with Crippen molar-refractivity contribution in [3.05, 3.63) is 29.8 Å². The Morgan fingerprint density at radius 2 is 2.14 bits per heavy atom. The number of piperidine rings is 1. The second-order valence-corrected chi connectivity index (χ2v) is 5.59. The van der Waals surface area contributed by atoms with E-state index < -0.39 is 12.0 Å². The molecule has 5 nitrogen and oxygen atoms in total. The zero-order valence-corrected chi connectivity index (χ0v) is 12.2. The molecule has 2 unspecified atom stereocenters. The molecule has 0 radical (unpaired) electrons. The number of phenolic OH excluding ortho intramolecular Hbond substituents is 1. The van der Waals surface area contributed by atoms with Gasteiger partial charge < -0.3 is 15.1 Å². The van der Waals surface area contributed by atoms with Crippen LogP contribution in [0.25, 0.3) is 0 Å². The Labute approximate surface area is 124 Å². The van der Waals surface area contributed by atoms with E-state index in [-0.39, 0.29) is 18.1 Å². The van der Waals surface area contributed by atoms with Gasteiger partial charge in [0.1, 0.15) is 11.8 Å². The summed E-state index contributed by atoms with van der Waals surface area (Å²) in [5.41, 5.74) is 0.696. The standard InChI is InChI=1S/C16H21NO4/c1-2-11-6-7-17(14(9-11)16(20)21)15(19)10-12-4-3-5-13(18)8-12/h3-5,8,11,14,18H,2,6-7,9-10H2,1H3,(H,20,21). The molecule has 114 valence electrons. The molecule has 0 aromatic heterocycles. The van der Waals surface area contributed by atoms with Crippen molar-refractivity contribution in [2.45, 2.75) is 38.6 Å². The van der Waals surface area contributed by atoms with E-state index in [1.807, 2.05) is 6.92 Å². The zero-order chi connectivity index (χ0) is 15.4. The Balaban J connectivity index is 2.08. The van der Waals surface area contributed by atoms with Crippen LogP contribution in [0.4, 0.5) is 0 Å². The maximum absolute atomic E-state index is 12.4. The third-order valence-corrected chi connectivity index (χ3v) is 4.16. The summed E-state index contributed by atoms with van der Waals surface area (Å²) in [4.78, 5) is 25.2. The maximum Gasteiger partial charge on any atom is 0.326 e. The lowest BCUT2D eigenvalue weighted by Crippen LogP contribution is -2.50. The SMILES string of the molecule is CCC1CCN(C(=O)Cc2cccc(O)c2)C(C(=O)O)C1. The van der Waals surface area contributed by atoms with E-state index in [0.29, 0.717) is 24.4 Å². The van der Waals surface area contributed by atoms with Gasteiger partial charge in [-0.2, -0.15) is 0 Å². The Morgan fingerprint density at radius 3 is 2.76 bits per heavy atom. The van der Waals surface area contributed by atoms with Crippen molar-refractivity contribution in [3.63, 3.8) is 0 Å². The molecule has 0 aliphatic carbocycles. The number of carboxylic acids is 1. The molecule has 21 heavy (non-hydrogen) atoms. The Morgan fingerprint density at radius 1 is 1.38 bits per heavy atom. The average Bonchev–Trinajstić information content (AvgIpc) is 2.46. The van der Waals surface area contributed by atoms with Gasteiger partial charge in [-0.3, -0.25) is 4.79 Å². The van der Waals surface area contributed by atoms with Crippen LogP contribution in [0.15, 0.2) is 24.3 Å². The molecule has 2 atom stereocenters. The van der Waals surface area contributed by atoms with Gasteiger partial charge in [-0.1, -0.05) is 25.5 Å². The van der Waals surface area contributed by atoms with Crippen LogP contribution in [-0.4, -0.2) is 39.6 Å². The van der Waals surface area contributed by atoms with E-state index >= 15 is 0 Å². The summed E-state index contributed by atoms with van der Waals surface area (Å²) >= 11 is 0. The molecule has 0 saturated carbocycles. The Kier molecular flexibility index (Phi) is 4.83. The summed E-state index contributed by atoms with van der Waals surface area (Å²) in [7, 11) is 0. The second kappa shape index (κ2) is 6.61. The topological polar surface area (TPSA) is 77.8 Å². The third kappa shape index (κ3) is 3.74. The minimum absolute atomic E-state index is 0.111. The first-order valence-electron chi connectivity index (χ1n) is 7.31. The van der Waals surface area contributed by atoms with Gasteiger partial charge in [-0.05, 0) is 36.5 Å². The molecule has 2 rings (SSSR count). The van der Waals surface area contributed by atoms with Crippen LogP contribution in [0, 0.1) is 5.92 Å². The van der Waals surface area contributed by atoms with Gasteiger partial charge in [0.25, 0.3) is 0 Å². The van der Waals surface area contributed by atoms with Crippen LogP contribution in [-0.2, 0) is 16.0 Å². The molecule has 0 spiro atoms. The molecule has 1 aliphatic rings. The van der Waals surface area contributed by atoms with Crippen LogP contribution >= 0.6 is 0 Å². The van der Waals surface area contributed by atoms with E-state index in [1.54, 1.807) is 18.2 Å². The van der Waals surface area contributed by atoms with Crippen LogP contribution < -0.4 is 0 Å². The minimum atomic E-state index is -0.933. The fourth-order valence-corrected chi connectivity index (χ4v) is 2.88. The highest BCUT2D eigenvalue weighted by molar-refractivity contribution is 5.85. The number of aromatic hydroxyl groups is 1. The summed E-state index contributed by atoms with van der Waals surface area (Å²) in [5.74, 6) is -0.643. The number of phenols is 1. The zero-order valence-electron chi connectivity index (χ0n) is 12.2. The van der Waals surface area contributed by atoms with E-state index in [4.69, 9.17) is 0 Å². The van der Waals surface area contributed by atoms with Crippen molar-refractivity contribution in [1.82, 2.24) is 4.90 Å². The predicted octanol–water partition coefficient (Wildman–Crippen LogP) is 2.04. The van der Waals surface area contributed by atoms with Crippen molar-refractivity contribution in [1.29, 1.82) is 0 Å². The summed E-state index contributed by atoms with van der Waals surface area (Å²) in [5, 5.41) is 18.8. The smallest absolute Gasteiger partial charge is 0.326 e. The van der Waals surface area contributed by atoms with E-state index in [9.17, 15) is 19.8 Å². The highest BCUT2D eigenvalue weighted by atomic mass is 16.4. The number of nitrogens with zero attached hydrogens (tertiary/aromatic N) is 1. The molecule has 0 bridgehead atoms. The highest BCUT2D eigenvalue weighted by Crippen LogP contribution is 2.26. The molecule has 1 aliphatic heterocycles. The fraction of sp³-hybridized carbons (Fsp3) is 0.500. The van der Waals surface area contributed by atoms with Crippen molar-refractivity contribution in [2.24, 2.45) is 5.92 Å². The first-order valence-corrected chi connectivity index (χ1v) is 7.31. The number of carboxylic acid groups (broad SMARTS) is 1. The van der Waals surface area contributed by atoms with Crippen LogP contribution in [0.5, 0.6) is 5.75 Å². The molecule has 5 heteroatoms. The van der Waals surface area contributed by atoms with Gasteiger partial charge in [0.15, 0.2) is 0 Å². The molecular weight excluding hydrogens is 270 g/mol. The van der Waals surface area contributed by atoms with E-state index in [1.165, 1.54) is 11.0 Å². The van der Waals surface area contributed by atoms with Crippen molar-refractivity contribution in [3.8, 4) is 5.75 Å². The lowest BCUT2D eigenvalue weighted by molar-refractivity contribution is -0.152. The Hall–Kier alpha value is -2.04. The maximum atomic E-state index is 12.4. The quantitative estimate of drug-likeness (QED) is 0.890. The van der Waals surface area contributed by atoms with Crippen molar-refractivity contribution in [2.75, 3.05) is 6.54 Å². The van der Waals surface area contributed by atoms with Gasteiger partial charge in [-0.25, -0.2) is 4.79 Å². The summed E-state index contributed by atoms with van der Waals surface area (Å²) < 4.78 is 0. The van der Waals surface area contributed by atoms with E-state index in [2.05, 4.69) is 0 Å². The normalized spacial score (nSPS) is 22.0. The number of benzene rings is 1. The summed E-state index contributed by atoms with van der Waals surface area (Å²) in [6.07, 6.45) is 2.44. The van der Waals surface area contributed by atoms with Crippen molar-refractivity contribution < 1.29 is 19.8 Å². The highest BCUT2D eigenvalue weighted by Gasteiger charge is 2.35. The van der Waals surface area contributed by atoms with E-state index in [0.717, 1.165) is 12.8 Å². The number of carbonyl (C=O) groups excluding carboxylic acids is 1. The molecule has 2 N–H and O–H groups in total. The van der Waals surface area contributed by atoms with Gasteiger partial charge in [0, 0.05) is 6.54 Å².